The van der Waals surface area contributed by atoms with Gasteiger partial charge in [0.15, 0.2) is 0 Å². The summed E-state index contributed by atoms with van der Waals surface area (Å²) in [5.41, 5.74) is 0.851. The number of benzene rings is 1. The van der Waals surface area contributed by atoms with E-state index in [1.165, 1.54) is 0 Å². The molecule has 0 atom stereocenters. The Balaban J connectivity index is 2.09. The lowest BCUT2D eigenvalue weighted by Crippen LogP contribution is -2.30. The molecule has 1 aliphatic rings. The fourth-order valence-electron chi connectivity index (χ4n) is 1.20. The first-order chi connectivity index (χ1) is 6.79. The van der Waals surface area contributed by atoms with Crippen LogP contribution in [0.25, 0.3) is 0 Å². The minimum atomic E-state index is 0.0389. The van der Waals surface area contributed by atoms with Crippen molar-refractivity contribution >= 4 is 23.4 Å². The number of rotatable bonds is 3. The molecular weight excluding hydrogens is 220 g/mol. The summed E-state index contributed by atoms with van der Waals surface area (Å²) in [4.78, 5) is 1.07. The van der Waals surface area contributed by atoms with Crippen LogP contribution in [0.4, 0.5) is 0 Å². The molecule has 0 aliphatic carbocycles. The van der Waals surface area contributed by atoms with Crippen LogP contribution in [-0.2, 0) is 11.3 Å². The SMILES string of the molecule is OCc1ccc(SC2COC2)c(Cl)c1. The monoisotopic (exact) mass is 230 g/mol. The van der Waals surface area contributed by atoms with Crippen LogP contribution in [0, 0.1) is 0 Å². The normalized spacial score (nSPS) is 16.7. The van der Waals surface area contributed by atoms with Crippen molar-refractivity contribution in [3.8, 4) is 0 Å². The van der Waals surface area contributed by atoms with Gasteiger partial charge in [-0.3, -0.25) is 0 Å². The van der Waals surface area contributed by atoms with Crippen molar-refractivity contribution < 1.29 is 9.84 Å². The number of hydrogen-bond donors (Lipinski definition) is 1. The molecule has 0 spiro atoms. The van der Waals surface area contributed by atoms with Gasteiger partial charge in [0.25, 0.3) is 0 Å². The van der Waals surface area contributed by atoms with Crippen molar-refractivity contribution in [1.82, 2.24) is 0 Å². The lowest BCUT2D eigenvalue weighted by molar-refractivity contribution is 0.0455. The highest BCUT2D eigenvalue weighted by molar-refractivity contribution is 8.00. The Kier molecular flexibility index (Phi) is 3.34. The first-order valence-electron chi connectivity index (χ1n) is 4.43. The standard InChI is InChI=1S/C10H11ClO2S/c11-9-3-7(4-12)1-2-10(9)14-8-5-13-6-8/h1-3,8,12H,4-6H2. The molecule has 0 radical (unpaired) electrons. The van der Waals surface area contributed by atoms with E-state index in [0.29, 0.717) is 10.3 Å². The lowest BCUT2D eigenvalue weighted by Gasteiger charge is -2.25. The van der Waals surface area contributed by atoms with Gasteiger partial charge < -0.3 is 9.84 Å². The third-order valence-corrected chi connectivity index (χ3v) is 3.72. The lowest BCUT2D eigenvalue weighted by atomic mass is 10.2. The van der Waals surface area contributed by atoms with Crippen LogP contribution in [0.2, 0.25) is 5.02 Å². The van der Waals surface area contributed by atoms with Gasteiger partial charge in [0.2, 0.25) is 0 Å². The van der Waals surface area contributed by atoms with Crippen LogP contribution in [0.3, 0.4) is 0 Å². The molecule has 1 saturated heterocycles. The summed E-state index contributed by atoms with van der Waals surface area (Å²) in [6.45, 7) is 1.66. The Labute approximate surface area is 92.2 Å². The molecule has 14 heavy (non-hydrogen) atoms. The first-order valence-corrected chi connectivity index (χ1v) is 5.69. The molecule has 2 nitrogen and oxygen atoms in total. The highest BCUT2D eigenvalue weighted by Gasteiger charge is 2.20. The van der Waals surface area contributed by atoms with Crippen molar-refractivity contribution in [3.63, 3.8) is 0 Å². The molecule has 1 N–H and O–H groups in total. The van der Waals surface area contributed by atoms with E-state index in [2.05, 4.69) is 0 Å². The summed E-state index contributed by atoms with van der Waals surface area (Å²) in [6.07, 6.45) is 0. The highest BCUT2D eigenvalue weighted by Crippen LogP contribution is 2.33. The fraction of sp³-hybridized carbons (Fsp3) is 0.400. The molecule has 2 rings (SSSR count). The van der Waals surface area contributed by atoms with Crippen LogP contribution >= 0.6 is 23.4 Å². The molecule has 0 bridgehead atoms. The largest absolute Gasteiger partial charge is 0.392 e. The zero-order valence-corrected chi connectivity index (χ0v) is 9.14. The number of ether oxygens (including phenoxy) is 1. The Morgan fingerprint density at radius 1 is 1.50 bits per heavy atom. The van der Waals surface area contributed by atoms with Crippen LogP contribution < -0.4 is 0 Å². The summed E-state index contributed by atoms with van der Waals surface area (Å²) < 4.78 is 5.09. The molecule has 1 fully saturated rings. The maximum absolute atomic E-state index is 8.91. The molecule has 1 heterocycles. The van der Waals surface area contributed by atoms with Crippen LogP contribution in [0.15, 0.2) is 23.1 Å². The Morgan fingerprint density at radius 2 is 2.29 bits per heavy atom. The summed E-state index contributed by atoms with van der Waals surface area (Å²) in [5.74, 6) is 0. The molecule has 1 aromatic rings. The molecule has 1 aromatic carbocycles. The quantitative estimate of drug-likeness (QED) is 0.864. The second kappa shape index (κ2) is 4.53. The summed E-state index contributed by atoms with van der Waals surface area (Å²) >= 11 is 7.80. The number of aliphatic hydroxyl groups excluding tert-OH is 1. The predicted molar refractivity (Wildman–Crippen MR) is 57.8 cm³/mol. The van der Waals surface area contributed by atoms with E-state index in [9.17, 15) is 0 Å². The maximum atomic E-state index is 8.91. The Hall–Kier alpha value is -0.220. The van der Waals surface area contributed by atoms with E-state index in [1.54, 1.807) is 11.8 Å². The smallest absolute Gasteiger partial charge is 0.0682 e. The van der Waals surface area contributed by atoms with E-state index in [1.807, 2.05) is 18.2 Å². The van der Waals surface area contributed by atoms with E-state index in [-0.39, 0.29) is 6.61 Å². The highest BCUT2D eigenvalue weighted by atomic mass is 35.5. The summed E-state index contributed by atoms with van der Waals surface area (Å²) in [7, 11) is 0. The average Bonchev–Trinajstić information content (AvgIpc) is 2.13. The molecule has 0 saturated carbocycles. The van der Waals surface area contributed by atoms with E-state index < -0.39 is 0 Å². The second-order valence-electron chi connectivity index (χ2n) is 3.20. The van der Waals surface area contributed by atoms with Gasteiger partial charge in [-0.1, -0.05) is 17.7 Å². The molecule has 0 unspecified atom stereocenters. The van der Waals surface area contributed by atoms with Crippen LogP contribution in [-0.4, -0.2) is 23.6 Å². The van der Waals surface area contributed by atoms with Crippen molar-refractivity contribution in [2.24, 2.45) is 0 Å². The van der Waals surface area contributed by atoms with E-state index >= 15 is 0 Å². The van der Waals surface area contributed by atoms with Crippen LogP contribution in [0.1, 0.15) is 5.56 Å². The van der Waals surface area contributed by atoms with Crippen LogP contribution in [0.5, 0.6) is 0 Å². The maximum Gasteiger partial charge on any atom is 0.0682 e. The first kappa shape index (κ1) is 10.3. The van der Waals surface area contributed by atoms with Gasteiger partial charge in [-0.2, -0.15) is 0 Å². The minimum Gasteiger partial charge on any atom is -0.392 e. The number of halogens is 1. The third kappa shape index (κ3) is 2.23. The van der Waals surface area contributed by atoms with Crippen molar-refractivity contribution in [2.75, 3.05) is 13.2 Å². The molecule has 0 amide bonds. The number of thioether (sulfide) groups is 1. The summed E-state index contributed by atoms with van der Waals surface area (Å²) in [5, 5.41) is 10.2. The molecule has 1 aliphatic heterocycles. The number of aliphatic hydroxyl groups is 1. The zero-order chi connectivity index (χ0) is 9.97. The van der Waals surface area contributed by atoms with Gasteiger partial charge in [0, 0.05) is 4.90 Å². The third-order valence-electron chi connectivity index (χ3n) is 2.08. The topological polar surface area (TPSA) is 29.5 Å². The fourth-order valence-corrected chi connectivity index (χ4v) is 2.54. The van der Waals surface area contributed by atoms with Gasteiger partial charge in [-0.25, -0.2) is 0 Å². The molecule has 0 aromatic heterocycles. The van der Waals surface area contributed by atoms with E-state index in [4.69, 9.17) is 21.4 Å². The Morgan fingerprint density at radius 3 is 2.79 bits per heavy atom. The molecule has 4 heteroatoms. The van der Waals surface area contributed by atoms with Gasteiger partial charge in [-0.05, 0) is 17.7 Å². The van der Waals surface area contributed by atoms with Crippen molar-refractivity contribution in [2.45, 2.75) is 16.8 Å². The van der Waals surface area contributed by atoms with Gasteiger partial charge >= 0.3 is 0 Å². The zero-order valence-electron chi connectivity index (χ0n) is 7.57. The predicted octanol–water partition coefficient (Wildman–Crippen LogP) is 2.32. The summed E-state index contributed by atoms with van der Waals surface area (Å²) in [6, 6.07) is 5.66. The molecular formula is C10H11ClO2S. The Bertz CT molecular complexity index is 326. The van der Waals surface area contributed by atoms with Crippen molar-refractivity contribution in [3.05, 3.63) is 28.8 Å². The molecule has 76 valence electrons. The average molecular weight is 231 g/mol. The number of hydrogen-bond acceptors (Lipinski definition) is 3. The van der Waals surface area contributed by atoms with Gasteiger partial charge in [0.1, 0.15) is 0 Å². The van der Waals surface area contributed by atoms with E-state index in [0.717, 1.165) is 23.7 Å². The van der Waals surface area contributed by atoms with Gasteiger partial charge in [-0.15, -0.1) is 11.8 Å². The second-order valence-corrected chi connectivity index (χ2v) is 4.95. The van der Waals surface area contributed by atoms with Crippen molar-refractivity contribution in [1.29, 1.82) is 0 Å². The van der Waals surface area contributed by atoms with Gasteiger partial charge in [0.05, 0.1) is 30.1 Å². The minimum absolute atomic E-state index is 0.0389.